The van der Waals surface area contributed by atoms with Crippen molar-refractivity contribution in [3.8, 4) is 0 Å². The van der Waals surface area contributed by atoms with Crippen LogP contribution in [0.2, 0.25) is 0 Å². The van der Waals surface area contributed by atoms with Crippen molar-refractivity contribution >= 4 is 6.03 Å². The predicted octanol–water partition coefficient (Wildman–Crippen LogP) is -3.15. The maximum atomic E-state index is 10.8. The summed E-state index contributed by atoms with van der Waals surface area (Å²) in [5.74, 6) is 0. The molecular weight excluding hydrogens is 238 g/mol. The van der Waals surface area contributed by atoms with E-state index in [2.05, 4.69) is 5.29 Å². The fourth-order valence-corrected chi connectivity index (χ4v) is 1.50. The molecule has 0 aliphatic carbocycles. The number of hydrogen-bond donors (Lipinski definition) is 5. The van der Waals surface area contributed by atoms with Crippen molar-refractivity contribution in [3.05, 3.63) is 4.91 Å². The number of rotatable bonds is 3. The molecule has 2 amide bonds. The van der Waals surface area contributed by atoms with Gasteiger partial charge in [-0.2, -0.15) is 0 Å². The molecule has 0 aromatic rings. The molecule has 1 saturated heterocycles. The summed E-state index contributed by atoms with van der Waals surface area (Å²) in [6.07, 6.45) is -8.00. The van der Waals surface area contributed by atoms with Crippen molar-refractivity contribution in [3.63, 3.8) is 0 Å². The van der Waals surface area contributed by atoms with Crippen LogP contribution in [0, 0.1) is 4.91 Å². The summed E-state index contributed by atoms with van der Waals surface area (Å²) < 4.78 is 4.87. The molecule has 10 heteroatoms. The number of nitrogens with two attached hydrogens (primary N) is 1. The largest absolute Gasteiger partial charge is 0.394 e. The lowest BCUT2D eigenvalue weighted by Crippen LogP contribution is -2.63. The van der Waals surface area contributed by atoms with Crippen LogP contribution in [0.25, 0.3) is 0 Å². The molecule has 0 saturated carbocycles. The average Bonchev–Trinajstić information content (AvgIpc) is 2.29. The first kappa shape index (κ1) is 13.7. The second-order valence-electron chi connectivity index (χ2n) is 3.48. The lowest BCUT2D eigenvalue weighted by molar-refractivity contribution is -0.257. The Balaban J connectivity index is 2.91. The van der Waals surface area contributed by atoms with Crippen LogP contribution in [-0.4, -0.2) is 68.7 Å². The Hall–Kier alpha value is -1.33. The highest BCUT2D eigenvalue weighted by molar-refractivity contribution is 5.71. The third-order valence-electron chi connectivity index (χ3n) is 2.42. The topological polar surface area (TPSA) is 166 Å². The Bertz CT molecular complexity index is 299. The van der Waals surface area contributed by atoms with Crippen molar-refractivity contribution in [2.45, 2.75) is 30.6 Å². The summed E-state index contributed by atoms with van der Waals surface area (Å²) in [5.41, 5.74) is 4.80. The summed E-state index contributed by atoms with van der Waals surface area (Å²) in [6.45, 7) is -0.688. The summed E-state index contributed by atoms with van der Waals surface area (Å²) in [4.78, 5) is 21.2. The Kier molecular flexibility index (Phi) is 4.31. The van der Waals surface area contributed by atoms with Gasteiger partial charge in [-0.1, -0.05) is 0 Å². The lowest BCUT2D eigenvalue weighted by Gasteiger charge is -2.41. The van der Waals surface area contributed by atoms with Gasteiger partial charge in [0.05, 0.1) is 11.9 Å². The first-order valence-corrected chi connectivity index (χ1v) is 4.66. The molecule has 6 N–H and O–H groups in total. The van der Waals surface area contributed by atoms with E-state index in [9.17, 15) is 25.0 Å². The molecule has 17 heavy (non-hydrogen) atoms. The summed E-state index contributed by atoms with van der Waals surface area (Å²) in [5, 5.41) is 39.5. The summed E-state index contributed by atoms with van der Waals surface area (Å²) in [6, 6.07) is -1.30. The number of carbonyl (C=O) groups is 1. The Morgan fingerprint density at radius 2 is 1.88 bits per heavy atom. The number of urea groups is 1. The smallest absolute Gasteiger partial charge is 0.340 e. The van der Waals surface area contributed by atoms with Crippen molar-refractivity contribution in [1.29, 1.82) is 0 Å². The lowest BCUT2D eigenvalue weighted by atomic mass is 9.98. The molecule has 5 atom stereocenters. The van der Waals surface area contributed by atoms with Gasteiger partial charge in [-0.25, -0.2) is 4.79 Å². The number of ether oxygens (including phenoxy) is 1. The van der Waals surface area contributed by atoms with Gasteiger partial charge < -0.3 is 30.9 Å². The van der Waals surface area contributed by atoms with E-state index < -0.39 is 43.3 Å². The standard InChI is InChI=1S/C7H13N3O7/c8-7(15)10(9-16)6-5(14)4(13)3(12)2(1-11)17-6/h2-6,11-14H,1H2,(H2,8,15)/t2?,3-,4-,5+,6?/m0/s1. The van der Waals surface area contributed by atoms with E-state index in [4.69, 9.17) is 15.6 Å². The molecular formula is C7H13N3O7. The van der Waals surface area contributed by atoms with Gasteiger partial charge in [-0.05, 0) is 0 Å². The van der Waals surface area contributed by atoms with Gasteiger partial charge in [0.1, 0.15) is 24.4 Å². The molecule has 0 spiro atoms. The molecule has 1 rings (SSSR count). The van der Waals surface area contributed by atoms with E-state index >= 15 is 0 Å². The minimum Gasteiger partial charge on any atom is -0.394 e. The van der Waals surface area contributed by atoms with Crippen LogP contribution in [0.5, 0.6) is 0 Å². The number of nitrogens with zero attached hydrogens (tertiary/aromatic N) is 2. The Morgan fingerprint density at radius 3 is 2.29 bits per heavy atom. The van der Waals surface area contributed by atoms with E-state index in [0.29, 0.717) is 0 Å². The number of nitroso groups, excluding NO2 is 1. The Labute approximate surface area is 95.1 Å². The third kappa shape index (κ3) is 2.50. The SMILES string of the molecule is NC(=O)N(N=O)C1OC(CO)[C@H](O)[C@H](O)[C@H]1O. The minimum absolute atomic E-state index is 0.0719. The van der Waals surface area contributed by atoms with Gasteiger partial charge in [0, 0.05) is 0 Å². The van der Waals surface area contributed by atoms with Crippen LogP contribution in [-0.2, 0) is 4.74 Å². The highest BCUT2D eigenvalue weighted by Crippen LogP contribution is 2.23. The molecule has 98 valence electrons. The third-order valence-corrected chi connectivity index (χ3v) is 2.42. The van der Waals surface area contributed by atoms with E-state index in [1.165, 1.54) is 0 Å². The van der Waals surface area contributed by atoms with Gasteiger partial charge >= 0.3 is 6.03 Å². The van der Waals surface area contributed by atoms with Crippen molar-refractivity contribution in [2.75, 3.05) is 6.61 Å². The van der Waals surface area contributed by atoms with E-state index in [0.717, 1.165) is 0 Å². The number of hydrogen-bond acceptors (Lipinski definition) is 8. The molecule has 10 nitrogen and oxygen atoms in total. The molecule has 0 aromatic carbocycles. The second-order valence-corrected chi connectivity index (χ2v) is 3.48. The first-order chi connectivity index (χ1) is 7.93. The molecule has 1 aliphatic heterocycles. The first-order valence-electron chi connectivity index (χ1n) is 4.66. The zero-order valence-corrected chi connectivity index (χ0v) is 8.58. The van der Waals surface area contributed by atoms with Crippen LogP contribution < -0.4 is 5.73 Å². The quantitative estimate of drug-likeness (QED) is 0.261. The number of primary amides is 1. The fourth-order valence-electron chi connectivity index (χ4n) is 1.50. The van der Waals surface area contributed by atoms with E-state index in [1.807, 2.05) is 0 Å². The average molecular weight is 251 g/mol. The van der Waals surface area contributed by atoms with Crippen LogP contribution >= 0.6 is 0 Å². The van der Waals surface area contributed by atoms with Crippen molar-refractivity contribution in [1.82, 2.24) is 5.01 Å². The molecule has 1 heterocycles. The number of amides is 2. The fraction of sp³-hybridized carbons (Fsp3) is 0.857. The van der Waals surface area contributed by atoms with Crippen LogP contribution in [0.15, 0.2) is 5.29 Å². The summed E-state index contributed by atoms with van der Waals surface area (Å²) >= 11 is 0. The van der Waals surface area contributed by atoms with Crippen LogP contribution in [0.4, 0.5) is 4.79 Å². The number of carbonyl (C=O) groups excluding carboxylic acids is 1. The van der Waals surface area contributed by atoms with Gasteiger partial charge in [0.15, 0.2) is 6.23 Å². The molecule has 1 fully saturated rings. The molecule has 1 aliphatic rings. The maximum absolute atomic E-state index is 10.8. The molecule has 0 radical (unpaired) electrons. The molecule has 0 bridgehead atoms. The number of aliphatic hydroxyl groups excluding tert-OH is 4. The number of aliphatic hydroxyl groups is 4. The highest BCUT2D eigenvalue weighted by Gasteiger charge is 2.47. The second kappa shape index (κ2) is 5.33. The normalized spacial score (nSPS) is 37.5. The van der Waals surface area contributed by atoms with Gasteiger partial charge in [0.25, 0.3) is 0 Å². The van der Waals surface area contributed by atoms with Gasteiger partial charge in [-0.3, -0.25) is 0 Å². The zero-order valence-electron chi connectivity index (χ0n) is 8.58. The maximum Gasteiger partial charge on any atom is 0.340 e. The minimum atomic E-state index is -1.78. The van der Waals surface area contributed by atoms with Crippen LogP contribution in [0.3, 0.4) is 0 Å². The predicted molar refractivity (Wildman–Crippen MR) is 51.0 cm³/mol. The van der Waals surface area contributed by atoms with Gasteiger partial charge in [-0.15, -0.1) is 9.92 Å². The van der Waals surface area contributed by atoms with Crippen molar-refractivity contribution in [2.24, 2.45) is 11.0 Å². The zero-order chi connectivity index (χ0) is 13.2. The summed E-state index contributed by atoms with van der Waals surface area (Å²) in [7, 11) is 0. The Morgan fingerprint density at radius 1 is 1.29 bits per heavy atom. The highest BCUT2D eigenvalue weighted by atomic mass is 16.6. The molecule has 0 aromatic heterocycles. The monoisotopic (exact) mass is 251 g/mol. The van der Waals surface area contributed by atoms with E-state index in [1.54, 1.807) is 0 Å². The van der Waals surface area contributed by atoms with Gasteiger partial charge in [0.2, 0.25) is 0 Å². The van der Waals surface area contributed by atoms with Crippen LogP contribution in [0.1, 0.15) is 0 Å². The molecule has 2 unspecified atom stereocenters. The van der Waals surface area contributed by atoms with E-state index in [-0.39, 0.29) is 5.01 Å². The van der Waals surface area contributed by atoms with Crippen molar-refractivity contribution < 1.29 is 30.0 Å².